The molecule has 0 bridgehead atoms. The van der Waals surface area contributed by atoms with Gasteiger partial charge in [0.1, 0.15) is 5.75 Å². The monoisotopic (exact) mass is 398 g/mol. The molecule has 1 aliphatic rings. The van der Waals surface area contributed by atoms with Gasteiger partial charge in [-0.3, -0.25) is 0 Å². The van der Waals surface area contributed by atoms with Crippen LogP contribution in [-0.4, -0.2) is 47.6 Å². The molecule has 28 heavy (non-hydrogen) atoms. The van der Waals surface area contributed by atoms with Crippen molar-refractivity contribution >= 4 is 17.9 Å². The maximum absolute atomic E-state index is 5.66. The fourth-order valence-electron chi connectivity index (χ4n) is 3.69. The average molecular weight is 399 g/mol. The van der Waals surface area contributed by atoms with E-state index in [9.17, 15) is 0 Å². The van der Waals surface area contributed by atoms with Crippen LogP contribution in [0.15, 0.2) is 48.8 Å². The SMILES string of the molecule is COc1ccccc1-c1nn(C[NH+]2CCN(c3cc[nH+]cc3)CC2)c(=S)n1C. The lowest BCUT2D eigenvalue weighted by Gasteiger charge is -2.33. The number of hydrogen-bond acceptors (Lipinski definition) is 4. The van der Waals surface area contributed by atoms with E-state index >= 15 is 0 Å². The minimum Gasteiger partial charge on any atom is -0.496 e. The molecule has 1 fully saturated rings. The number of methoxy groups -OCH3 is 1. The standard InChI is InChI=1S/C20H24N6OS/c1-23-19(17-5-3-4-6-18(17)27-2)22-26(20(23)28)15-24-11-13-25(14-12-24)16-7-9-21-10-8-16/h3-10H,11-15H2,1-2H3/p+2. The van der Waals surface area contributed by atoms with E-state index in [1.165, 1.54) is 10.6 Å². The third-order valence-corrected chi connectivity index (χ3v) is 5.78. The second-order valence-corrected chi connectivity index (χ2v) is 7.38. The van der Waals surface area contributed by atoms with Crippen molar-refractivity contribution in [2.45, 2.75) is 6.67 Å². The number of benzene rings is 1. The third-order valence-electron chi connectivity index (χ3n) is 5.30. The fraction of sp³-hybridized carbons (Fsp3) is 0.350. The largest absolute Gasteiger partial charge is 0.496 e. The Bertz CT molecular complexity index is 991. The summed E-state index contributed by atoms with van der Waals surface area (Å²) in [6, 6.07) is 12.2. The lowest BCUT2D eigenvalue weighted by molar-refractivity contribution is -0.924. The van der Waals surface area contributed by atoms with Crippen LogP contribution in [0.3, 0.4) is 0 Å². The summed E-state index contributed by atoms with van der Waals surface area (Å²) >= 11 is 5.66. The molecule has 4 rings (SSSR count). The maximum atomic E-state index is 5.66. The van der Waals surface area contributed by atoms with Gasteiger partial charge in [0.15, 0.2) is 24.9 Å². The van der Waals surface area contributed by atoms with Crippen LogP contribution in [0.4, 0.5) is 5.69 Å². The van der Waals surface area contributed by atoms with Crippen LogP contribution in [0.2, 0.25) is 0 Å². The number of nitrogens with zero attached hydrogens (tertiary/aromatic N) is 4. The van der Waals surface area contributed by atoms with E-state index in [1.54, 1.807) is 7.11 Å². The van der Waals surface area contributed by atoms with Crippen LogP contribution in [0.1, 0.15) is 0 Å². The summed E-state index contributed by atoms with van der Waals surface area (Å²) in [6.45, 7) is 4.94. The van der Waals surface area contributed by atoms with Crippen LogP contribution < -0.4 is 19.5 Å². The summed E-state index contributed by atoms with van der Waals surface area (Å²) < 4.78 is 10.1. The van der Waals surface area contributed by atoms with Crippen molar-refractivity contribution in [3.05, 3.63) is 53.6 Å². The van der Waals surface area contributed by atoms with Gasteiger partial charge in [0.05, 0.1) is 38.9 Å². The summed E-state index contributed by atoms with van der Waals surface area (Å²) in [6.07, 6.45) is 3.95. The first-order valence-corrected chi connectivity index (χ1v) is 9.90. The Hall–Kier alpha value is -2.71. The Morgan fingerprint density at radius 2 is 1.86 bits per heavy atom. The van der Waals surface area contributed by atoms with Crippen molar-refractivity contribution in [3.8, 4) is 17.1 Å². The summed E-state index contributed by atoms with van der Waals surface area (Å²) in [7, 11) is 3.64. The van der Waals surface area contributed by atoms with Gasteiger partial charge in [0.25, 0.3) is 0 Å². The normalized spacial score (nSPS) is 15.0. The Labute approximate surface area is 169 Å². The van der Waals surface area contributed by atoms with Gasteiger partial charge in [-0.05, 0) is 24.4 Å². The Balaban J connectivity index is 1.49. The Morgan fingerprint density at radius 1 is 1.14 bits per heavy atom. The van der Waals surface area contributed by atoms with E-state index in [0.717, 1.165) is 54.8 Å². The molecule has 0 radical (unpaired) electrons. The van der Waals surface area contributed by atoms with Crippen LogP contribution >= 0.6 is 12.2 Å². The minimum atomic E-state index is 0.731. The number of H-pyrrole nitrogens is 1. The third kappa shape index (κ3) is 3.65. The Kier molecular flexibility index (Phi) is 5.40. The molecule has 2 N–H and O–H groups in total. The van der Waals surface area contributed by atoms with Gasteiger partial charge in [0, 0.05) is 24.9 Å². The molecule has 0 spiro atoms. The van der Waals surface area contributed by atoms with Crippen molar-refractivity contribution in [1.29, 1.82) is 0 Å². The highest BCUT2D eigenvalue weighted by Gasteiger charge is 2.22. The zero-order chi connectivity index (χ0) is 19.5. The Morgan fingerprint density at radius 3 is 2.57 bits per heavy atom. The number of rotatable bonds is 5. The maximum Gasteiger partial charge on any atom is 0.202 e. The molecule has 2 aromatic heterocycles. The molecule has 0 atom stereocenters. The van der Waals surface area contributed by atoms with Gasteiger partial charge in [-0.2, -0.15) is 4.68 Å². The fourth-order valence-corrected chi connectivity index (χ4v) is 3.89. The topological polar surface area (TPSA) is 53.8 Å². The molecule has 1 saturated heterocycles. The molecule has 7 nitrogen and oxygen atoms in total. The van der Waals surface area contributed by atoms with Crippen molar-refractivity contribution in [1.82, 2.24) is 14.3 Å². The van der Waals surface area contributed by atoms with E-state index in [0.29, 0.717) is 0 Å². The second-order valence-electron chi connectivity index (χ2n) is 7.02. The predicted octanol–water partition coefficient (Wildman–Crippen LogP) is 0.803. The molecule has 0 saturated carbocycles. The molecular formula is C20H26N6OS+2. The van der Waals surface area contributed by atoms with Crippen LogP contribution in [0.25, 0.3) is 11.4 Å². The van der Waals surface area contributed by atoms with Gasteiger partial charge in [0.2, 0.25) is 4.77 Å². The van der Waals surface area contributed by atoms with Crippen molar-refractivity contribution in [3.63, 3.8) is 0 Å². The highest BCUT2D eigenvalue weighted by Crippen LogP contribution is 2.27. The number of para-hydroxylation sites is 1. The molecular weight excluding hydrogens is 372 g/mol. The van der Waals surface area contributed by atoms with Crippen LogP contribution in [0.5, 0.6) is 5.75 Å². The van der Waals surface area contributed by atoms with Crippen molar-refractivity contribution in [2.24, 2.45) is 7.05 Å². The number of aromatic nitrogens is 4. The zero-order valence-corrected chi connectivity index (χ0v) is 17.1. The average Bonchev–Trinajstić information content (AvgIpc) is 3.03. The molecule has 8 heteroatoms. The summed E-state index contributed by atoms with van der Waals surface area (Å²) in [4.78, 5) is 6.99. The van der Waals surface area contributed by atoms with Crippen LogP contribution in [-0.2, 0) is 13.7 Å². The molecule has 3 heterocycles. The van der Waals surface area contributed by atoms with Gasteiger partial charge >= 0.3 is 0 Å². The number of anilines is 1. The first-order valence-electron chi connectivity index (χ1n) is 9.49. The highest BCUT2D eigenvalue weighted by atomic mass is 32.1. The summed E-state index contributed by atoms with van der Waals surface area (Å²) in [5, 5.41) is 4.82. The number of ether oxygens (including phenoxy) is 1. The highest BCUT2D eigenvalue weighted by molar-refractivity contribution is 7.71. The molecule has 146 valence electrons. The van der Waals surface area contributed by atoms with Crippen molar-refractivity contribution < 1.29 is 14.6 Å². The van der Waals surface area contributed by atoms with Gasteiger partial charge < -0.3 is 19.1 Å². The number of quaternary nitrogens is 1. The van der Waals surface area contributed by atoms with E-state index in [2.05, 4.69) is 22.0 Å². The second kappa shape index (κ2) is 8.12. The lowest BCUT2D eigenvalue weighted by atomic mass is 10.2. The zero-order valence-electron chi connectivity index (χ0n) is 16.3. The predicted molar refractivity (Wildman–Crippen MR) is 110 cm³/mol. The van der Waals surface area contributed by atoms with E-state index < -0.39 is 0 Å². The van der Waals surface area contributed by atoms with Gasteiger partial charge in [-0.1, -0.05) is 12.1 Å². The van der Waals surface area contributed by atoms with Crippen molar-refractivity contribution in [2.75, 3.05) is 38.2 Å². The number of pyridine rings is 1. The first kappa shape index (κ1) is 18.6. The minimum absolute atomic E-state index is 0.731. The van der Waals surface area contributed by atoms with Gasteiger partial charge in [-0.15, -0.1) is 5.10 Å². The van der Waals surface area contributed by atoms with E-state index in [1.807, 2.05) is 53.0 Å². The molecule has 3 aromatic rings. The molecule has 0 unspecified atom stereocenters. The van der Waals surface area contributed by atoms with Gasteiger partial charge in [-0.25, -0.2) is 4.98 Å². The lowest BCUT2D eigenvalue weighted by Crippen LogP contribution is -3.14. The quantitative estimate of drug-likeness (QED) is 0.646. The number of nitrogens with one attached hydrogen (secondary N) is 2. The molecule has 0 amide bonds. The molecule has 1 aliphatic heterocycles. The number of aromatic amines is 1. The molecule has 1 aromatic carbocycles. The number of piperazine rings is 1. The van der Waals surface area contributed by atoms with Crippen LogP contribution in [0, 0.1) is 4.77 Å². The first-order chi connectivity index (χ1) is 13.7. The molecule has 0 aliphatic carbocycles. The van der Waals surface area contributed by atoms with E-state index in [4.69, 9.17) is 22.1 Å². The van der Waals surface area contributed by atoms with E-state index in [-0.39, 0.29) is 0 Å². The summed E-state index contributed by atoms with van der Waals surface area (Å²) in [5.74, 6) is 1.64. The summed E-state index contributed by atoms with van der Waals surface area (Å²) in [5.41, 5.74) is 2.23. The number of hydrogen-bond donors (Lipinski definition) is 1. The smallest absolute Gasteiger partial charge is 0.202 e.